The number of aliphatic hydroxyl groups excluding tert-OH is 4. The van der Waals surface area contributed by atoms with Crippen LogP contribution in [0.3, 0.4) is 0 Å². The van der Waals surface area contributed by atoms with Crippen LogP contribution in [0.1, 0.15) is 6.42 Å². The Bertz CT molecular complexity index is 128. The van der Waals surface area contributed by atoms with Gasteiger partial charge in [-0.05, 0) is 6.42 Å². The van der Waals surface area contributed by atoms with E-state index in [1.54, 1.807) is 0 Å². The van der Waals surface area contributed by atoms with Gasteiger partial charge in [-0.2, -0.15) is 0 Å². The number of ether oxygens (including phenoxy) is 1. The monoisotopic (exact) mass is 164 g/mol. The molecule has 0 saturated carbocycles. The Labute approximate surface area is 63.8 Å². The Morgan fingerprint density at radius 3 is 2.09 bits per heavy atom. The number of rotatable bonds is 2. The van der Waals surface area contributed by atoms with Crippen molar-refractivity contribution < 1.29 is 25.2 Å². The van der Waals surface area contributed by atoms with Gasteiger partial charge in [0.25, 0.3) is 0 Å². The molecular weight excluding hydrogens is 152 g/mol. The van der Waals surface area contributed by atoms with Gasteiger partial charge in [-0.3, -0.25) is 0 Å². The molecule has 0 spiro atoms. The first kappa shape index (κ1) is 8.89. The van der Waals surface area contributed by atoms with Crippen molar-refractivity contribution >= 4 is 0 Å². The molecule has 0 aromatic heterocycles. The predicted octanol–water partition coefficient (Wildman–Crippen LogP) is -2.19. The van der Waals surface area contributed by atoms with Crippen molar-refractivity contribution in [1.82, 2.24) is 0 Å². The molecular formula is C6H12O5. The third-order valence-electron chi connectivity index (χ3n) is 1.75. The maximum atomic E-state index is 9.11. The molecule has 5 heteroatoms. The molecule has 1 saturated heterocycles. The second-order valence-corrected chi connectivity index (χ2v) is 2.56. The molecule has 0 radical (unpaired) electrons. The Morgan fingerprint density at radius 2 is 1.73 bits per heavy atom. The number of aliphatic hydroxyl groups is 4. The molecule has 1 fully saturated rings. The van der Waals surface area contributed by atoms with Gasteiger partial charge in [0.05, 0.1) is 6.10 Å². The SMILES string of the molecule is OCC[C@H]1O[C@@H](O)C(O)C1O. The summed E-state index contributed by atoms with van der Waals surface area (Å²) < 4.78 is 4.72. The van der Waals surface area contributed by atoms with Crippen LogP contribution in [-0.2, 0) is 4.74 Å². The lowest BCUT2D eigenvalue weighted by atomic mass is 10.1. The van der Waals surface area contributed by atoms with Crippen LogP contribution in [-0.4, -0.2) is 51.6 Å². The van der Waals surface area contributed by atoms with Crippen LogP contribution >= 0.6 is 0 Å². The second kappa shape index (κ2) is 3.46. The van der Waals surface area contributed by atoms with Gasteiger partial charge >= 0.3 is 0 Å². The van der Waals surface area contributed by atoms with Gasteiger partial charge in [-0.25, -0.2) is 0 Å². The zero-order valence-electron chi connectivity index (χ0n) is 5.92. The topological polar surface area (TPSA) is 90.2 Å². The maximum Gasteiger partial charge on any atom is 0.183 e. The molecule has 1 aliphatic heterocycles. The molecule has 5 nitrogen and oxygen atoms in total. The van der Waals surface area contributed by atoms with E-state index in [1.165, 1.54) is 0 Å². The molecule has 11 heavy (non-hydrogen) atoms. The van der Waals surface area contributed by atoms with Crippen molar-refractivity contribution in [1.29, 1.82) is 0 Å². The van der Waals surface area contributed by atoms with Crippen LogP contribution in [0.4, 0.5) is 0 Å². The smallest absolute Gasteiger partial charge is 0.183 e. The first-order chi connectivity index (χ1) is 5.16. The van der Waals surface area contributed by atoms with Crippen molar-refractivity contribution in [3.63, 3.8) is 0 Å². The summed E-state index contributed by atoms with van der Waals surface area (Å²) >= 11 is 0. The van der Waals surface area contributed by atoms with E-state index >= 15 is 0 Å². The van der Waals surface area contributed by atoms with Crippen molar-refractivity contribution in [2.45, 2.75) is 31.0 Å². The molecule has 1 aliphatic rings. The minimum atomic E-state index is -1.33. The molecule has 0 aromatic carbocycles. The largest absolute Gasteiger partial charge is 0.396 e. The van der Waals surface area contributed by atoms with Crippen LogP contribution in [0.25, 0.3) is 0 Å². The molecule has 0 bridgehead atoms. The minimum absolute atomic E-state index is 0.138. The van der Waals surface area contributed by atoms with Crippen molar-refractivity contribution in [3.8, 4) is 0 Å². The normalized spacial score (nSPS) is 44.7. The van der Waals surface area contributed by atoms with Crippen molar-refractivity contribution in [3.05, 3.63) is 0 Å². The molecule has 2 unspecified atom stereocenters. The first-order valence-electron chi connectivity index (χ1n) is 3.47. The predicted molar refractivity (Wildman–Crippen MR) is 34.6 cm³/mol. The third kappa shape index (κ3) is 1.69. The van der Waals surface area contributed by atoms with E-state index in [0.717, 1.165) is 0 Å². The lowest BCUT2D eigenvalue weighted by molar-refractivity contribution is -0.129. The first-order valence-corrected chi connectivity index (χ1v) is 3.47. The molecule has 1 heterocycles. The number of hydrogen-bond acceptors (Lipinski definition) is 5. The van der Waals surface area contributed by atoms with Crippen molar-refractivity contribution in [2.75, 3.05) is 6.61 Å². The molecule has 4 atom stereocenters. The molecule has 4 N–H and O–H groups in total. The van der Waals surface area contributed by atoms with Gasteiger partial charge in [0, 0.05) is 6.61 Å². The van der Waals surface area contributed by atoms with Crippen molar-refractivity contribution in [2.24, 2.45) is 0 Å². The van der Waals surface area contributed by atoms with Gasteiger partial charge in [0.2, 0.25) is 0 Å². The Kier molecular flexibility index (Phi) is 2.80. The highest BCUT2D eigenvalue weighted by Gasteiger charge is 2.40. The van der Waals surface area contributed by atoms with Gasteiger partial charge in [0.1, 0.15) is 12.2 Å². The third-order valence-corrected chi connectivity index (χ3v) is 1.75. The standard InChI is InChI=1S/C6H12O5/c7-2-1-3-4(8)5(9)6(10)11-3/h3-10H,1-2H2/t3-,4?,5?,6-/m1/s1. The fourth-order valence-corrected chi connectivity index (χ4v) is 1.09. The van der Waals surface area contributed by atoms with Gasteiger partial charge in [-0.1, -0.05) is 0 Å². The van der Waals surface area contributed by atoms with Crippen LogP contribution in [0.2, 0.25) is 0 Å². The van der Waals surface area contributed by atoms with Gasteiger partial charge in [0.15, 0.2) is 6.29 Å². The van der Waals surface area contributed by atoms with Gasteiger partial charge in [-0.15, -0.1) is 0 Å². The summed E-state index contributed by atoms with van der Waals surface area (Å²) in [6.45, 7) is -0.138. The van der Waals surface area contributed by atoms with Crippen LogP contribution in [0, 0.1) is 0 Å². The summed E-state index contributed by atoms with van der Waals surface area (Å²) in [4.78, 5) is 0. The van der Waals surface area contributed by atoms with E-state index in [2.05, 4.69) is 0 Å². The van der Waals surface area contributed by atoms with Gasteiger partial charge < -0.3 is 25.2 Å². The zero-order valence-corrected chi connectivity index (χ0v) is 5.92. The molecule has 0 amide bonds. The average Bonchev–Trinajstić information content (AvgIpc) is 2.19. The summed E-state index contributed by atoms with van der Waals surface area (Å²) in [5.41, 5.74) is 0. The van der Waals surface area contributed by atoms with E-state index in [4.69, 9.17) is 25.2 Å². The highest BCUT2D eigenvalue weighted by atomic mass is 16.6. The van der Waals surface area contributed by atoms with Crippen LogP contribution in [0.5, 0.6) is 0 Å². The van der Waals surface area contributed by atoms with E-state index in [9.17, 15) is 0 Å². The fraction of sp³-hybridized carbons (Fsp3) is 1.00. The number of hydrogen-bond donors (Lipinski definition) is 4. The fourth-order valence-electron chi connectivity index (χ4n) is 1.09. The van der Waals surface area contributed by atoms with E-state index < -0.39 is 24.6 Å². The summed E-state index contributed by atoms with van der Waals surface area (Å²) in [5.74, 6) is 0. The Morgan fingerprint density at radius 1 is 1.09 bits per heavy atom. The van der Waals surface area contributed by atoms with E-state index in [1.807, 2.05) is 0 Å². The quantitative estimate of drug-likeness (QED) is 0.372. The summed E-state index contributed by atoms with van der Waals surface area (Å²) in [7, 11) is 0. The maximum absolute atomic E-state index is 9.11. The summed E-state index contributed by atoms with van der Waals surface area (Å²) in [5, 5.41) is 35.4. The van der Waals surface area contributed by atoms with Crippen LogP contribution in [0.15, 0.2) is 0 Å². The molecule has 0 aromatic rings. The summed E-state index contributed by atoms with van der Waals surface area (Å²) in [6.07, 6.45) is -4.13. The lowest BCUT2D eigenvalue weighted by Gasteiger charge is -2.11. The zero-order chi connectivity index (χ0) is 8.43. The second-order valence-electron chi connectivity index (χ2n) is 2.56. The van der Waals surface area contributed by atoms with E-state index in [-0.39, 0.29) is 13.0 Å². The average molecular weight is 164 g/mol. The molecule has 66 valence electrons. The van der Waals surface area contributed by atoms with Crippen LogP contribution < -0.4 is 0 Å². The highest BCUT2D eigenvalue weighted by Crippen LogP contribution is 2.21. The highest BCUT2D eigenvalue weighted by molar-refractivity contribution is 4.85. The van der Waals surface area contributed by atoms with E-state index in [0.29, 0.717) is 0 Å². The molecule has 1 rings (SSSR count). The lowest BCUT2D eigenvalue weighted by Crippen LogP contribution is -2.32. The Hall–Kier alpha value is -0.200. The minimum Gasteiger partial charge on any atom is -0.396 e. The summed E-state index contributed by atoms with van der Waals surface area (Å²) in [6, 6.07) is 0. The Balaban J connectivity index is 2.45. The molecule has 0 aliphatic carbocycles.